The molecule has 0 aromatic heterocycles. The quantitative estimate of drug-likeness (QED) is 0.589. The monoisotopic (exact) mass is 230 g/mol. The molecule has 0 aliphatic carbocycles. The maximum absolute atomic E-state index is 11.4. The van der Waals surface area contributed by atoms with Gasteiger partial charge in [-0.25, -0.2) is 0 Å². The van der Waals surface area contributed by atoms with Gasteiger partial charge in [0.1, 0.15) is 6.04 Å². The Kier molecular flexibility index (Phi) is 4.70. The Morgan fingerprint density at radius 2 is 2.25 bits per heavy atom. The highest BCUT2D eigenvalue weighted by atomic mass is 16.5. The molecule has 2 atom stereocenters. The molecule has 16 heavy (non-hydrogen) atoms. The number of aliphatic hydroxyl groups excluding tert-OH is 1. The zero-order chi connectivity index (χ0) is 12.1. The maximum Gasteiger partial charge on any atom is 0.323 e. The minimum Gasteiger partial charge on any atom is -0.468 e. The number of likely N-dealkylation sites (tertiary alicyclic amines) is 1. The van der Waals surface area contributed by atoms with Crippen LogP contribution in [0, 0.1) is 0 Å². The number of hydrogen-bond acceptors (Lipinski definition) is 5. The van der Waals surface area contributed by atoms with Crippen molar-refractivity contribution in [3.05, 3.63) is 0 Å². The van der Waals surface area contributed by atoms with Crippen molar-refractivity contribution in [1.82, 2.24) is 10.2 Å². The third-order valence-corrected chi connectivity index (χ3v) is 2.63. The average Bonchev–Trinajstić information content (AvgIpc) is 2.58. The number of carbonyl (C=O) groups is 2. The van der Waals surface area contributed by atoms with Crippen molar-refractivity contribution in [2.24, 2.45) is 0 Å². The van der Waals surface area contributed by atoms with Crippen LogP contribution in [0.3, 0.4) is 0 Å². The van der Waals surface area contributed by atoms with E-state index in [1.807, 2.05) is 4.90 Å². The standard InChI is InChI=1S/C10H18N2O4/c1-7(13)11-3-4-12-6-8(14)5-9(12)10(15)16-2/h8-9,14H,3-6H2,1-2H3,(H,11,13). The van der Waals surface area contributed by atoms with Gasteiger partial charge in [-0.2, -0.15) is 0 Å². The number of ether oxygens (including phenoxy) is 1. The summed E-state index contributed by atoms with van der Waals surface area (Å²) < 4.78 is 4.66. The SMILES string of the molecule is COC(=O)C1CC(O)CN1CCNC(C)=O. The molecular weight excluding hydrogens is 212 g/mol. The van der Waals surface area contributed by atoms with E-state index in [9.17, 15) is 14.7 Å². The van der Waals surface area contributed by atoms with Gasteiger partial charge < -0.3 is 15.2 Å². The largest absolute Gasteiger partial charge is 0.468 e. The second kappa shape index (κ2) is 5.81. The van der Waals surface area contributed by atoms with Crippen molar-refractivity contribution in [2.75, 3.05) is 26.7 Å². The highest BCUT2D eigenvalue weighted by Crippen LogP contribution is 2.18. The predicted molar refractivity (Wildman–Crippen MR) is 56.7 cm³/mol. The average molecular weight is 230 g/mol. The number of esters is 1. The molecule has 1 aliphatic heterocycles. The molecule has 2 N–H and O–H groups in total. The Morgan fingerprint density at radius 1 is 1.56 bits per heavy atom. The van der Waals surface area contributed by atoms with Crippen LogP contribution in [0.5, 0.6) is 0 Å². The van der Waals surface area contributed by atoms with E-state index in [-0.39, 0.29) is 11.9 Å². The van der Waals surface area contributed by atoms with Crippen LogP contribution in [0.1, 0.15) is 13.3 Å². The molecule has 2 unspecified atom stereocenters. The molecule has 1 rings (SSSR count). The van der Waals surface area contributed by atoms with Crippen molar-refractivity contribution in [2.45, 2.75) is 25.5 Å². The lowest BCUT2D eigenvalue weighted by atomic mass is 10.2. The second-order valence-electron chi connectivity index (χ2n) is 3.91. The third kappa shape index (κ3) is 3.46. The lowest BCUT2D eigenvalue weighted by molar-refractivity contribution is -0.145. The van der Waals surface area contributed by atoms with E-state index in [2.05, 4.69) is 10.1 Å². The first kappa shape index (κ1) is 12.9. The summed E-state index contributed by atoms with van der Waals surface area (Å²) in [5.74, 6) is -0.436. The Labute approximate surface area is 94.6 Å². The molecule has 0 spiro atoms. The number of nitrogens with one attached hydrogen (secondary N) is 1. The number of β-amino-alcohol motifs (C(OH)–C–C–N with tert-alkyl or cyclic N) is 1. The summed E-state index contributed by atoms with van der Waals surface area (Å²) in [6.07, 6.45) is -0.103. The van der Waals surface area contributed by atoms with Gasteiger partial charge in [-0.05, 0) is 0 Å². The number of hydrogen-bond donors (Lipinski definition) is 2. The second-order valence-corrected chi connectivity index (χ2v) is 3.91. The summed E-state index contributed by atoms with van der Waals surface area (Å²) in [4.78, 5) is 23.9. The molecule has 0 aromatic carbocycles. The number of carbonyl (C=O) groups excluding carboxylic acids is 2. The first-order chi connectivity index (χ1) is 7.54. The Balaban J connectivity index is 2.43. The first-order valence-corrected chi connectivity index (χ1v) is 5.29. The topological polar surface area (TPSA) is 78.9 Å². The number of aliphatic hydroxyl groups is 1. The van der Waals surface area contributed by atoms with Crippen LogP contribution in [0.4, 0.5) is 0 Å². The molecule has 6 nitrogen and oxygen atoms in total. The highest BCUT2D eigenvalue weighted by molar-refractivity contribution is 5.76. The number of methoxy groups -OCH3 is 1. The lowest BCUT2D eigenvalue weighted by Crippen LogP contribution is -2.41. The van der Waals surface area contributed by atoms with Crippen molar-refractivity contribution in [3.8, 4) is 0 Å². The van der Waals surface area contributed by atoms with Gasteiger partial charge in [0.05, 0.1) is 13.2 Å². The van der Waals surface area contributed by atoms with E-state index in [0.29, 0.717) is 26.1 Å². The zero-order valence-electron chi connectivity index (χ0n) is 9.60. The fourth-order valence-corrected chi connectivity index (χ4v) is 1.88. The summed E-state index contributed by atoms with van der Waals surface area (Å²) >= 11 is 0. The number of nitrogens with zero attached hydrogens (tertiary/aromatic N) is 1. The minimum atomic E-state index is -0.499. The van der Waals surface area contributed by atoms with E-state index in [4.69, 9.17) is 0 Å². The van der Waals surface area contributed by atoms with Gasteiger partial charge in [0.15, 0.2) is 0 Å². The van der Waals surface area contributed by atoms with Crippen LogP contribution >= 0.6 is 0 Å². The van der Waals surface area contributed by atoms with Crippen LogP contribution < -0.4 is 5.32 Å². The Bertz CT molecular complexity index is 270. The van der Waals surface area contributed by atoms with Gasteiger partial charge in [-0.3, -0.25) is 14.5 Å². The molecule has 6 heteroatoms. The molecule has 0 bridgehead atoms. The normalized spacial score (nSPS) is 25.4. The van der Waals surface area contributed by atoms with E-state index < -0.39 is 12.1 Å². The van der Waals surface area contributed by atoms with E-state index in [0.717, 1.165) is 0 Å². The molecule has 1 saturated heterocycles. The maximum atomic E-state index is 11.4. The molecule has 92 valence electrons. The summed E-state index contributed by atoms with van der Waals surface area (Å²) in [5.41, 5.74) is 0. The summed E-state index contributed by atoms with van der Waals surface area (Å²) in [7, 11) is 1.33. The molecule has 1 fully saturated rings. The van der Waals surface area contributed by atoms with Crippen molar-refractivity contribution < 1.29 is 19.4 Å². The van der Waals surface area contributed by atoms with Gasteiger partial charge in [0.25, 0.3) is 0 Å². The van der Waals surface area contributed by atoms with E-state index in [1.54, 1.807) is 0 Å². The van der Waals surface area contributed by atoms with Gasteiger partial charge in [0.2, 0.25) is 5.91 Å². The fourth-order valence-electron chi connectivity index (χ4n) is 1.88. The Morgan fingerprint density at radius 3 is 2.81 bits per heavy atom. The Hall–Kier alpha value is -1.14. The molecule has 1 amide bonds. The smallest absolute Gasteiger partial charge is 0.323 e. The predicted octanol–water partition coefficient (Wildman–Crippen LogP) is -1.27. The van der Waals surface area contributed by atoms with Crippen LogP contribution in [0.15, 0.2) is 0 Å². The number of amides is 1. The third-order valence-electron chi connectivity index (χ3n) is 2.63. The molecule has 1 heterocycles. The fraction of sp³-hybridized carbons (Fsp3) is 0.800. The first-order valence-electron chi connectivity index (χ1n) is 5.29. The highest BCUT2D eigenvalue weighted by Gasteiger charge is 2.36. The van der Waals surface area contributed by atoms with Crippen molar-refractivity contribution in [1.29, 1.82) is 0 Å². The molecule has 0 aromatic rings. The van der Waals surface area contributed by atoms with Crippen molar-refractivity contribution in [3.63, 3.8) is 0 Å². The van der Waals surface area contributed by atoms with Gasteiger partial charge in [-0.1, -0.05) is 0 Å². The van der Waals surface area contributed by atoms with Crippen LogP contribution in [-0.2, 0) is 14.3 Å². The van der Waals surface area contributed by atoms with Gasteiger partial charge in [-0.15, -0.1) is 0 Å². The van der Waals surface area contributed by atoms with Crippen LogP contribution in [0.2, 0.25) is 0 Å². The summed E-state index contributed by atoms with van der Waals surface area (Å²) in [5, 5.41) is 12.1. The zero-order valence-corrected chi connectivity index (χ0v) is 9.60. The van der Waals surface area contributed by atoms with Crippen LogP contribution in [0.25, 0.3) is 0 Å². The number of rotatable bonds is 4. The summed E-state index contributed by atoms with van der Waals surface area (Å²) in [6, 6.07) is -0.395. The molecule has 1 aliphatic rings. The van der Waals surface area contributed by atoms with E-state index >= 15 is 0 Å². The molecular formula is C10H18N2O4. The van der Waals surface area contributed by atoms with Gasteiger partial charge >= 0.3 is 5.97 Å². The molecule has 0 radical (unpaired) electrons. The summed E-state index contributed by atoms with van der Waals surface area (Å²) in [6.45, 7) is 2.89. The van der Waals surface area contributed by atoms with Crippen molar-refractivity contribution >= 4 is 11.9 Å². The molecule has 0 saturated carbocycles. The lowest BCUT2D eigenvalue weighted by Gasteiger charge is -2.21. The van der Waals surface area contributed by atoms with Crippen LogP contribution in [-0.4, -0.2) is 60.8 Å². The minimum absolute atomic E-state index is 0.102. The van der Waals surface area contributed by atoms with Gasteiger partial charge in [0, 0.05) is 33.0 Å². The van der Waals surface area contributed by atoms with E-state index in [1.165, 1.54) is 14.0 Å².